The standard InChI is InChI=1S/C17H25ClN2O4/c1-17(2,3)24-16(22)20(4)10-6-7-15(21)19-13-11-12(18)8-9-14(13)23-5/h8-9,11H,6-7,10H2,1-5H3,(H,19,21). The molecule has 0 aliphatic carbocycles. The second kappa shape index (κ2) is 8.78. The molecule has 0 bridgehead atoms. The van der Waals surface area contributed by atoms with Gasteiger partial charge < -0.3 is 19.7 Å². The van der Waals surface area contributed by atoms with E-state index < -0.39 is 11.7 Å². The predicted molar refractivity (Wildman–Crippen MR) is 94.7 cm³/mol. The van der Waals surface area contributed by atoms with Crippen LogP contribution in [-0.2, 0) is 9.53 Å². The van der Waals surface area contributed by atoms with Crippen LogP contribution >= 0.6 is 11.6 Å². The van der Waals surface area contributed by atoms with E-state index in [1.807, 2.05) is 20.8 Å². The van der Waals surface area contributed by atoms with E-state index in [2.05, 4.69) is 5.32 Å². The molecule has 134 valence electrons. The third kappa shape index (κ3) is 7.08. The maximum atomic E-state index is 12.0. The second-order valence-electron chi connectivity index (χ2n) is 6.40. The summed E-state index contributed by atoms with van der Waals surface area (Å²) in [6.45, 7) is 5.86. The van der Waals surface area contributed by atoms with Gasteiger partial charge in [0.15, 0.2) is 0 Å². The third-order valence-corrected chi connectivity index (χ3v) is 3.27. The zero-order valence-electron chi connectivity index (χ0n) is 14.8. The van der Waals surface area contributed by atoms with Gasteiger partial charge in [-0.15, -0.1) is 0 Å². The van der Waals surface area contributed by atoms with Gasteiger partial charge in [0.05, 0.1) is 12.8 Å². The van der Waals surface area contributed by atoms with Crippen LogP contribution < -0.4 is 10.1 Å². The van der Waals surface area contributed by atoms with Crippen molar-refractivity contribution in [2.24, 2.45) is 0 Å². The molecule has 24 heavy (non-hydrogen) atoms. The second-order valence-corrected chi connectivity index (χ2v) is 6.83. The highest BCUT2D eigenvalue weighted by atomic mass is 35.5. The first kappa shape index (κ1) is 20.1. The number of methoxy groups -OCH3 is 1. The van der Waals surface area contributed by atoms with Crippen LogP contribution in [0.15, 0.2) is 18.2 Å². The summed E-state index contributed by atoms with van der Waals surface area (Å²) in [5.74, 6) is 0.367. The zero-order chi connectivity index (χ0) is 18.3. The first-order valence-electron chi connectivity index (χ1n) is 7.70. The smallest absolute Gasteiger partial charge is 0.410 e. The molecule has 0 fully saturated rings. The summed E-state index contributed by atoms with van der Waals surface area (Å²) in [5.41, 5.74) is -0.0123. The average molecular weight is 357 g/mol. The quantitative estimate of drug-likeness (QED) is 0.838. The Morgan fingerprint density at radius 3 is 2.54 bits per heavy atom. The van der Waals surface area contributed by atoms with Crippen LogP contribution in [0.3, 0.4) is 0 Å². The van der Waals surface area contributed by atoms with E-state index in [1.54, 1.807) is 25.2 Å². The fourth-order valence-electron chi connectivity index (χ4n) is 1.90. The van der Waals surface area contributed by atoms with Crippen molar-refractivity contribution >= 4 is 29.3 Å². The SMILES string of the molecule is COc1ccc(Cl)cc1NC(=O)CCCN(C)C(=O)OC(C)(C)C. The normalized spacial score (nSPS) is 10.9. The first-order chi connectivity index (χ1) is 11.1. The Balaban J connectivity index is 2.44. The number of hydrogen-bond donors (Lipinski definition) is 1. The topological polar surface area (TPSA) is 67.9 Å². The maximum Gasteiger partial charge on any atom is 0.410 e. The van der Waals surface area contributed by atoms with Gasteiger partial charge in [-0.1, -0.05) is 11.6 Å². The summed E-state index contributed by atoms with van der Waals surface area (Å²) in [7, 11) is 3.17. The lowest BCUT2D eigenvalue weighted by atomic mass is 10.2. The Bertz CT molecular complexity index is 584. The Hall–Kier alpha value is -1.95. The van der Waals surface area contributed by atoms with E-state index in [0.29, 0.717) is 29.4 Å². The van der Waals surface area contributed by atoms with Crippen LogP contribution in [0.2, 0.25) is 5.02 Å². The van der Waals surface area contributed by atoms with E-state index in [0.717, 1.165) is 0 Å². The molecule has 0 heterocycles. The molecule has 7 heteroatoms. The predicted octanol–water partition coefficient (Wildman–Crippen LogP) is 3.93. The van der Waals surface area contributed by atoms with Crippen molar-refractivity contribution in [1.29, 1.82) is 0 Å². The molecule has 0 saturated carbocycles. The lowest BCUT2D eigenvalue weighted by molar-refractivity contribution is -0.116. The van der Waals surface area contributed by atoms with Crippen molar-refractivity contribution in [3.63, 3.8) is 0 Å². The number of nitrogens with zero attached hydrogens (tertiary/aromatic N) is 1. The first-order valence-corrected chi connectivity index (χ1v) is 8.07. The van der Waals surface area contributed by atoms with Crippen molar-refractivity contribution in [3.8, 4) is 5.75 Å². The molecule has 1 aromatic carbocycles. The Morgan fingerprint density at radius 2 is 1.96 bits per heavy atom. The van der Waals surface area contributed by atoms with E-state index in [4.69, 9.17) is 21.1 Å². The van der Waals surface area contributed by atoms with Gasteiger partial charge in [0.25, 0.3) is 0 Å². The number of anilines is 1. The highest BCUT2D eigenvalue weighted by Crippen LogP contribution is 2.27. The summed E-state index contributed by atoms with van der Waals surface area (Å²) >= 11 is 5.93. The molecule has 0 unspecified atom stereocenters. The van der Waals surface area contributed by atoms with E-state index >= 15 is 0 Å². The van der Waals surface area contributed by atoms with Gasteiger partial charge in [0.1, 0.15) is 11.4 Å². The number of nitrogens with one attached hydrogen (secondary N) is 1. The molecule has 1 aromatic rings. The Morgan fingerprint density at radius 1 is 1.29 bits per heavy atom. The molecule has 0 aliphatic heterocycles. The van der Waals surface area contributed by atoms with Crippen LogP contribution in [0.1, 0.15) is 33.6 Å². The monoisotopic (exact) mass is 356 g/mol. The molecule has 0 saturated heterocycles. The number of carbonyl (C=O) groups is 2. The molecular weight excluding hydrogens is 332 g/mol. The lowest BCUT2D eigenvalue weighted by Gasteiger charge is -2.24. The van der Waals surface area contributed by atoms with Crippen LogP contribution in [0.4, 0.5) is 10.5 Å². The summed E-state index contributed by atoms with van der Waals surface area (Å²) in [6.07, 6.45) is 0.382. The number of rotatable bonds is 6. The highest BCUT2D eigenvalue weighted by molar-refractivity contribution is 6.31. The van der Waals surface area contributed by atoms with Crippen LogP contribution in [0.5, 0.6) is 5.75 Å². The molecule has 0 atom stereocenters. The minimum absolute atomic E-state index is 0.173. The van der Waals surface area contributed by atoms with Crippen LogP contribution in [0, 0.1) is 0 Å². The van der Waals surface area contributed by atoms with E-state index in [1.165, 1.54) is 12.0 Å². The minimum Gasteiger partial charge on any atom is -0.495 e. The lowest BCUT2D eigenvalue weighted by Crippen LogP contribution is -2.35. The third-order valence-electron chi connectivity index (χ3n) is 3.04. The zero-order valence-corrected chi connectivity index (χ0v) is 15.6. The molecule has 0 aromatic heterocycles. The summed E-state index contributed by atoms with van der Waals surface area (Å²) in [6, 6.07) is 5.01. The van der Waals surface area contributed by atoms with Gasteiger partial charge in [-0.05, 0) is 45.4 Å². The van der Waals surface area contributed by atoms with Crippen LogP contribution in [-0.4, -0.2) is 43.2 Å². The largest absolute Gasteiger partial charge is 0.495 e. The van der Waals surface area contributed by atoms with Gasteiger partial charge in [0, 0.05) is 25.0 Å². The molecule has 0 spiro atoms. The fourth-order valence-corrected chi connectivity index (χ4v) is 2.07. The molecule has 6 nitrogen and oxygen atoms in total. The van der Waals surface area contributed by atoms with Gasteiger partial charge >= 0.3 is 6.09 Å². The van der Waals surface area contributed by atoms with Crippen molar-refractivity contribution < 1.29 is 19.1 Å². The summed E-state index contributed by atoms with van der Waals surface area (Å²) in [5, 5.41) is 3.27. The molecule has 2 amide bonds. The van der Waals surface area contributed by atoms with Gasteiger partial charge in [-0.2, -0.15) is 0 Å². The van der Waals surface area contributed by atoms with Gasteiger partial charge in [-0.25, -0.2) is 4.79 Å². The van der Waals surface area contributed by atoms with Crippen molar-refractivity contribution in [2.45, 2.75) is 39.2 Å². The van der Waals surface area contributed by atoms with Gasteiger partial charge in [0.2, 0.25) is 5.91 Å². The molecule has 0 radical (unpaired) electrons. The number of carbonyl (C=O) groups excluding carboxylic acids is 2. The molecule has 1 N–H and O–H groups in total. The van der Waals surface area contributed by atoms with E-state index in [9.17, 15) is 9.59 Å². The van der Waals surface area contributed by atoms with E-state index in [-0.39, 0.29) is 12.3 Å². The summed E-state index contributed by atoms with van der Waals surface area (Å²) in [4.78, 5) is 25.3. The van der Waals surface area contributed by atoms with Crippen LogP contribution in [0.25, 0.3) is 0 Å². The molecular formula is C17H25ClN2O4. The van der Waals surface area contributed by atoms with Crippen molar-refractivity contribution in [2.75, 3.05) is 26.0 Å². The number of benzene rings is 1. The Kier molecular flexibility index (Phi) is 7.35. The average Bonchev–Trinajstić information content (AvgIpc) is 2.45. The molecule has 0 aliphatic rings. The number of amides is 2. The van der Waals surface area contributed by atoms with Crippen molar-refractivity contribution in [3.05, 3.63) is 23.2 Å². The van der Waals surface area contributed by atoms with Gasteiger partial charge in [-0.3, -0.25) is 4.79 Å². The van der Waals surface area contributed by atoms with Crippen molar-refractivity contribution in [1.82, 2.24) is 4.90 Å². The highest BCUT2D eigenvalue weighted by Gasteiger charge is 2.19. The fraction of sp³-hybridized carbons (Fsp3) is 0.529. The minimum atomic E-state index is -0.536. The maximum absolute atomic E-state index is 12.0. The number of hydrogen-bond acceptors (Lipinski definition) is 4. The molecule has 1 rings (SSSR count). The Labute approximate surface area is 148 Å². The summed E-state index contributed by atoms with van der Waals surface area (Å²) < 4.78 is 10.4. The number of halogens is 1. The number of ether oxygens (including phenoxy) is 2.